The zero-order valence-corrected chi connectivity index (χ0v) is 9.62. The van der Waals surface area contributed by atoms with E-state index in [1.165, 1.54) is 12.8 Å². The minimum atomic E-state index is 0.537. The van der Waals surface area contributed by atoms with Gasteiger partial charge in [0.05, 0.1) is 6.61 Å². The fourth-order valence-corrected chi connectivity index (χ4v) is 1.39. The van der Waals surface area contributed by atoms with E-state index in [9.17, 15) is 0 Å². The van der Waals surface area contributed by atoms with Crippen molar-refractivity contribution >= 4 is 0 Å². The molecule has 0 aliphatic rings. The molecule has 1 heterocycles. The van der Waals surface area contributed by atoms with Crippen molar-refractivity contribution in [1.82, 2.24) is 4.98 Å². The summed E-state index contributed by atoms with van der Waals surface area (Å²) in [5.74, 6) is 0.709. The van der Waals surface area contributed by atoms with Gasteiger partial charge in [-0.05, 0) is 18.9 Å². The van der Waals surface area contributed by atoms with Crippen molar-refractivity contribution in [1.29, 1.82) is 0 Å². The van der Waals surface area contributed by atoms with Gasteiger partial charge in [0, 0.05) is 18.3 Å². The molecular weight excluding hydrogens is 188 g/mol. The number of pyridine rings is 1. The highest BCUT2D eigenvalue weighted by molar-refractivity contribution is 5.24. The van der Waals surface area contributed by atoms with Crippen LogP contribution in [0.25, 0.3) is 0 Å². The van der Waals surface area contributed by atoms with Crippen molar-refractivity contribution in [2.24, 2.45) is 5.73 Å². The second-order valence-electron chi connectivity index (χ2n) is 3.65. The first-order chi connectivity index (χ1) is 7.27. The molecule has 0 bridgehead atoms. The van der Waals surface area contributed by atoms with Crippen LogP contribution in [0.15, 0.2) is 12.1 Å². The standard InChI is InChI=1S/C12H20N2O/c1-3-4-5-8-15-12-7-6-11(9-13)10(2)14-12/h6-7H,3-5,8-9,13H2,1-2H3. The van der Waals surface area contributed by atoms with E-state index >= 15 is 0 Å². The lowest BCUT2D eigenvalue weighted by Gasteiger charge is -2.07. The molecule has 3 heteroatoms. The molecular formula is C12H20N2O. The first-order valence-electron chi connectivity index (χ1n) is 5.57. The molecule has 0 aliphatic carbocycles. The summed E-state index contributed by atoms with van der Waals surface area (Å²) in [6.45, 7) is 5.43. The first-order valence-corrected chi connectivity index (χ1v) is 5.57. The van der Waals surface area contributed by atoms with Gasteiger partial charge in [-0.25, -0.2) is 4.98 Å². The van der Waals surface area contributed by atoms with Gasteiger partial charge in [0.25, 0.3) is 0 Å². The van der Waals surface area contributed by atoms with E-state index in [2.05, 4.69) is 11.9 Å². The van der Waals surface area contributed by atoms with Gasteiger partial charge in [-0.15, -0.1) is 0 Å². The van der Waals surface area contributed by atoms with Crippen molar-refractivity contribution in [3.05, 3.63) is 23.4 Å². The predicted molar refractivity (Wildman–Crippen MR) is 61.9 cm³/mol. The smallest absolute Gasteiger partial charge is 0.213 e. The average molecular weight is 208 g/mol. The van der Waals surface area contributed by atoms with Gasteiger partial charge >= 0.3 is 0 Å². The third-order valence-corrected chi connectivity index (χ3v) is 2.39. The van der Waals surface area contributed by atoms with Crippen molar-refractivity contribution in [2.75, 3.05) is 6.61 Å². The molecule has 0 atom stereocenters. The molecule has 0 spiro atoms. The molecule has 15 heavy (non-hydrogen) atoms. The maximum absolute atomic E-state index is 5.56. The highest BCUT2D eigenvalue weighted by atomic mass is 16.5. The van der Waals surface area contributed by atoms with E-state index in [0.717, 1.165) is 24.3 Å². The van der Waals surface area contributed by atoms with Crippen LogP contribution in [0.5, 0.6) is 5.88 Å². The van der Waals surface area contributed by atoms with E-state index < -0.39 is 0 Å². The van der Waals surface area contributed by atoms with E-state index in [1.54, 1.807) is 0 Å². The minimum absolute atomic E-state index is 0.537. The Balaban J connectivity index is 2.45. The van der Waals surface area contributed by atoms with E-state index in [0.29, 0.717) is 12.4 Å². The Morgan fingerprint density at radius 2 is 2.13 bits per heavy atom. The van der Waals surface area contributed by atoms with Crippen LogP contribution >= 0.6 is 0 Å². The Morgan fingerprint density at radius 3 is 2.73 bits per heavy atom. The quantitative estimate of drug-likeness (QED) is 0.730. The molecule has 0 radical (unpaired) electrons. The molecule has 84 valence electrons. The molecule has 1 rings (SSSR count). The molecule has 0 fully saturated rings. The van der Waals surface area contributed by atoms with Gasteiger partial charge in [0.15, 0.2) is 0 Å². The van der Waals surface area contributed by atoms with Gasteiger partial charge in [0.1, 0.15) is 0 Å². The molecule has 0 amide bonds. The van der Waals surface area contributed by atoms with Gasteiger partial charge < -0.3 is 10.5 Å². The molecule has 2 N–H and O–H groups in total. The summed E-state index contributed by atoms with van der Waals surface area (Å²) >= 11 is 0. The lowest BCUT2D eigenvalue weighted by atomic mass is 10.2. The highest BCUT2D eigenvalue weighted by Crippen LogP contribution is 2.12. The largest absolute Gasteiger partial charge is 0.478 e. The van der Waals surface area contributed by atoms with Crippen LogP contribution in [-0.4, -0.2) is 11.6 Å². The summed E-state index contributed by atoms with van der Waals surface area (Å²) in [4.78, 5) is 4.34. The fourth-order valence-electron chi connectivity index (χ4n) is 1.39. The fraction of sp³-hybridized carbons (Fsp3) is 0.583. The number of unbranched alkanes of at least 4 members (excludes halogenated alkanes) is 2. The van der Waals surface area contributed by atoms with Crippen molar-refractivity contribution in [2.45, 2.75) is 39.7 Å². The van der Waals surface area contributed by atoms with Gasteiger partial charge in [-0.1, -0.05) is 25.8 Å². The Bertz CT molecular complexity index is 300. The average Bonchev–Trinajstić information content (AvgIpc) is 2.25. The van der Waals surface area contributed by atoms with Crippen LogP contribution in [0.4, 0.5) is 0 Å². The molecule has 0 saturated carbocycles. The molecule has 1 aromatic heterocycles. The maximum Gasteiger partial charge on any atom is 0.213 e. The summed E-state index contributed by atoms with van der Waals surface area (Å²) in [6.07, 6.45) is 3.51. The third-order valence-electron chi connectivity index (χ3n) is 2.39. The van der Waals surface area contributed by atoms with Gasteiger partial charge in [-0.3, -0.25) is 0 Å². The zero-order valence-electron chi connectivity index (χ0n) is 9.62. The van der Waals surface area contributed by atoms with Crippen molar-refractivity contribution in [3.8, 4) is 5.88 Å². The molecule has 1 aromatic rings. The molecule has 0 aromatic carbocycles. The van der Waals surface area contributed by atoms with Crippen LogP contribution in [0.3, 0.4) is 0 Å². The van der Waals surface area contributed by atoms with Crippen LogP contribution in [-0.2, 0) is 6.54 Å². The summed E-state index contributed by atoms with van der Waals surface area (Å²) in [5, 5.41) is 0. The van der Waals surface area contributed by atoms with Crippen molar-refractivity contribution in [3.63, 3.8) is 0 Å². The lowest BCUT2D eigenvalue weighted by molar-refractivity contribution is 0.294. The number of ether oxygens (including phenoxy) is 1. The predicted octanol–water partition coefficient (Wildman–Crippen LogP) is 2.42. The van der Waals surface area contributed by atoms with Crippen LogP contribution < -0.4 is 10.5 Å². The second-order valence-corrected chi connectivity index (χ2v) is 3.65. The Kier molecular flexibility index (Phi) is 5.12. The molecule has 0 aliphatic heterocycles. The number of hydrogen-bond donors (Lipinski definition) is 1. The summed E-state index contributed by atoms with van der Waals surface area (Å²) in [5.41, 5.74) is 7.60. The molecule has 3 nitrogen and oxygen atoms in total. The van der Waals surface area contributed by atoms with E-state index in [-0.39, 0.29) is 0 Å². The zero-order chi connectivity index (χ0) is 11.1. The number of nitrogens with two attached hydrogens (primary N) is 1. The van der Waals surface area contributed by atoms with E-state index in [1.807, 2.05) is 19.1 Å². The second kappa shape index (κ2) is 6.40. The maximum atomic E-state index is 5.56. The molecule has 0 unspecified atom stereocenters. The number of nitrogens with zero attached hydrogens (tertiary/aromatic N) is 1. The normalized spacial score (nSPS) is 10.3. The SMILES string of the molecule is CCCCCOc1ccc(CN)c(C)n1. The summed E-state index contributed by atoms with van der Waals surface area (Å²) in [6, 6.07) is 3.87. The number of aromatic nitrogens is 1. The van der Waals surface area contributed by atoms with E-state index in [4.69, 9.17) is 10.5 Å². The summed E-state index contributed by atoms with van der Waals surface area (Å²) in [7, 11) is 0. The Morgan fingerprint density at radius 1 is 1.33 bits per heavy atom. The van der Waals surface area contributed by atoms with Gasteiger partial charge in [-0.2, -0.15) is 0 Å². The van der Waals surface area contributed by atoms with Crippen LogP contribution in [0, 0.1) is 6.92 Å². The number of hydrogen-bond acceptors (Lipinski definition) is 3. The summed E-state index contributed by atoms with van der Waals surface area (Å²) < 4.78 is 5.54. The van der Waals surface area contributed by atoms with Crippen LogP contribution in [0.1, 0.15) is 37.4 Å². The molecule has 0 saturated heterocycles. The lowest BCUT2D eigenvalue weighted by Crippen LogP contribution is -2.04. The van der Waals surface area contributed by atoms with Gasteiger partial charge in [0.2, 0.25) is 5.88 Å². The minimum Gasteiger partial charge on any atom is -0.478 e. The highest BCUT2D eigenvalue weighted by Gasteiger charge is 2.00. The Hall–Kier alpha value is -1.09. The monoisotopic (exact) mass is 208 g/mol. The number of aryl methyl sites for hydroxylation is 1. The topological polar surface area (TPSA) is 48.1 Å². The first kappa shape index (κ1) is 12.0. The third kappa shape index (κ3) is 3.88. The van der Waals surface area contributed by atoms with Crippen molar-refractivity contribution < 1.29 is 4.74 Å². The Labute approximate surface area is 91.7 Å². The number of rotatable bonds is 6. The van der Waals surface area contributed by atoms with Crippen LogP contribution in [0.2, 0.25) is 0 Å².